The molecule has 0 spiro atoms. The van der Waals surface area contributed by atoms with E-state index in [4.69, 9.17) is 4.74 Å². The zero-order chi connectivity index (χ0) is 18.4. The van der Waals surface area contributed by atoms with Gasteiger partial charge in [-0.05, 0) is 50.4 Å². The molecule has 0 radical (unpaired) electrons. The Balaban J connectivity index is 0.00000196. The average Bonchev–Trinajstić information content (AvgIpc) is 2.72. The maximum atomic E-state index is 5.56. The molecule has 3 rings (SSSR count). The van der Waals surface area contributed by atoms with E-state index in [1.807, 2.05) is 25.5 Å². The molecular formula is C20H31Cl2N5O. The highest BCUT2D eigenvalue weighted by Crippen LogP contribution is 2.27. The predicted octanol–water partition coefficient (Wildman–Crippen LogP) is 3.66. The minimum Gasteiger partial charge on any atom is -0.496 e. The molecule has 2 aromatic rings. The van der Waals surface area contributed by atoms with E-state index in [1.54, 1.807) is 7.11 Å². The number of rotatable bonds is 7. The second kappa shape index (κ2) is 12.1. The minimum atomic E-state index is 0. The van der Waals surface area contributed by atoms with Crippen LogP contribution in [0.4, 0.5) is 5.95 Å². The number of anilines is 1. The van der Waals surface area contributed by atoms with Crippen molar-refractivity contribution in [3.05, 3.63) is 36.2 Å². The maximum absolute atomic E-state index is 5.56. The van der Waals surface area contributed by atoms with Crippen LogP contribution in [0.15, 0.2) is 30.6 Å². The Morgan fingerprint density at radius 2 is 1.61 bits per heavy atom. The van der Waals surface area contributed by atoms with Crippen molar-refractivity contribution in [1.29, 1.82) is 0 Å². The van der Waals surface area contributed by atoms with Crippen LogP contribution < -0.4 is 20.7 Å². The molecule has 0 amide bonds. The van der Waals surface area contributed by atoms with Crippen LogP contribution in [-0.2, 0) is 6.54 Å². The first-order valence-corrected chi connectivity index (χ1v) is 9.31. The number of hydrogen-bond donors (Lipinski definition) is 3. The SMILES string of the molecule is CNc1ncc(-c2ccc(OC)c(CNC3CCC(NC)CC3)c2)cn1.Cl.Cl. The summed E-state index contributed by atoms with van der Waals surface area (Å²) in [6.07, 6.45) is 8.59. The number of ether oxygens (including phenoxy) is 1. The van der Waals surface area contributed by atoms with E-state index in [9.17, 15) is 0 Å². The van der Waals surface area contributed by atoms with Crippen LogP contribution in [0.2, 0.25) is 0 Å². The Morgan fingerprint density at radius 1 is 0.964 bits per heavy atom. The van der Waals surface area contributed by atoms with Gasteiger partial charge in [0.15, 0.2) is 0 Å². The number of hydrogen-bond acceptors (Lipinski definition) is 6. The largest absolute Gasteiger partial charge is 0.496 e. The molecular weight excluding hydrogens is 397 g/mol. The van der Waals surface area contributed by atoms with Crippen LogP contribution in [0.25, 0.3) is 11.1 Å². The fourth-order valence-corrected chi connectivity index (χ4v) is 3.54. The van der Waals surface area contributed by atoms with Crippen molar-refractivity contribution in [2.45, 2.75) is 44.3 Å². The van der Waals surface area contributed by atoms with E-state index in [0.29, 0.717) is 18.0 Å². The fourth-order valence-electron chi connectivity index (χ4n) is 3.54. The van der Waals surface area contributed by atoms with Gasteiger partial charge in [-0.15, -0.1) is 24.8 Å². The number of nitrogens with one attached hydrogen (secondary N) is 3. The van der Waals surface area contributed by atoms with E-state index in [1.165, 1.54) is 31.2 Å². The van der Waals surface area contributed by atoms with Crippen molar-refractivity contribution in [3.63, 3.8) is 0 Å². The molecule has 0 saturated heterocycles. The van der Waals surface area contributed by atoms with Gasteiger partial charge in [-0.3, -0.25) is 0 Å². The van der Waals surface area contributed by atoms with E-state index in [-0.39, 0.29) is 24.8 Å². The fraction of sp³-hybridized carbons (Fsp3) is 0.500. The van der Waals surface area contributed by atoms with E-state index in [2.05, 4.69) is 45.1 Å². The highest BCUT2D eigenvalue weighted by atomic mass is 35.5. The molecule has 156 valence electrons. The van der Waals surface area contributed by atoms with Gasteiger partial charge in [0.05, 0.1) is 7.11 Å². The molecule has 8 heteroatoms. The zero-order valence-corrected chi connectivity index (χ0v) is 18.3. The minimum absolute atomic E-state index is 0. The Labute approximate surface area is 180 Å². The number of methoxy groups -OCH3 is 1. The van der Waals surface area contributed by atoms with Gasteiger partial charge in [-0.2, -0.15) is 0 Å². The Kier molecular flexibility index (Phi) is 10.5. The summed E-state index contributed by atoms with van der Waals surface area (Å²) < 4.78 is 5.56. The van der Waals surface area contributed by atoms with Gasteiger partial charge in [0.2, 0.25) is 5.95 Å². The van der Waals surface area contributed by atoms with Crippen molar-refractivity contribution in [2.24, 2.45) is 0 Å². The first-order chi connectivity index (χ1) is 12.7. The molecule has 0 aliphatic heterocycles. The molecule has 1 aromatic carbocycles. The number of aromatic nitrogens is 2. The van der Waals surface area contributed by atoms with Gasteiger partial charge in [0, 0.05) is 49.2 Å². The third kappa shape index (κ3) is 6.21. The topological polar surface area (TPSA) is 71.1 Å². The molecule has 28 heavy (non-hydrogen) atoms. The van der Waals surface area contributed by atoms with Gasteiger partial charge in [0.1, 0.15) is 5.75 Å². The molecule has 0 unspecified atom stereocenters. The molecule has 1 heterocycles. The van der Waals surface area contributed by atoms with Gasteiger partial charge < -0.3 is 20.7 Å². The lowest BCUT2D eigenvalue weighted by Crippen LogP contribution is -2.38. The highest BCUT2D eigenvalue weighted by Gasteiger charge is 2.19. The second-order valence-electron chi connectivity index (χ2n) is 6.79. The molecule has 1 aromatic heterocycles. The van der Waals surface area contributed by atoms with Gasteiger partial charge in [-0.25, -0.2) is 9.97 Å². The summed E-state index contributed by atoms with van der Waals surface area (Å²) in [4.78, 5) is 8.61. The van der Waals surface area contributed by atoms with Gasteiger partial charge >= 0.3 is 0 Å². The molecule has 6 nitrogen and oxygen atoms in total. The van der Waals surface area contributed by atoms with Crippen molar-refractivity contribution in [1.82, 2.24) is 20.6 Å². The summed E-state index contributed by atoms with van der Waals surface area (Å²) in [5.41, 5.74) is 3.27. The lowest BCUT2D eigenvalue weighted by atomic mass is 9.91. The van der Waals surface area contributed by atoms with Crippen LogP contribution in [0, 0.1) is 0 Å². The number of halogens is 2. The molecule has 1 aliphatic rings. The summed E-state index contributed by atoms with van der Waals surface area (Å²) in [7, 11) is 5.60. The molecule has 1 fully saturated rings. The Bertz CT molecular complexity index is 706. The number of benzene rings is 1. The Morgan fingerprint density at radius 3 is 2.18 bits per heavy atom. The molecule has 0 bridgehead atoms. The van der Waals surface area contributed by atoms with Gasteiger partial charge in [-0.1, -0.05) is 6.07 Å². The smallest absolute Gasteiger partial charge is 0.222 e. The van der Waals surface area contributed by atoms with Crippen LogP contribution in [0.1, 0.15) is 31.2 Å². The summed E-state index contributed by atoms with van der Waals surface area (Å²) in [5, 5.41) is 10.0. The van der Waals surface area contributed by atoms with Crippen LogP contribution in [0.5, 0.6) is 5.75 Å². The maximum Gasteiger partial charge on any atom is 0.222 e. The molecule has 1 saturated carbocycles. The Hall–Kier alpha value is -1.60. The lowest BCUT2D eigenvalue weighted by Gasteiger charge is -2.29. The monoisotopic (exact) mass is 427 g/mol. The average molecular weight is 428 g/mol. The lowest BCUT2D eigenvalue weighted by molar-refractivity contribution is 0.315. The summed E-state index contributed by atoms with van der Waals surface area (Å²) in [5.74, 6) is 1.54. The molecule has 1 aliphatic carbocycles. The van der Waals surface area contributed by atoms with Crippen LogP contribution in [0.3, 0.4) is 0 Å². The van der Waals surface area contributed by atoms with Crippen LogP contribution >= 0.6 is 24.8 Å². The van der Waals surface area contributed by atoms with E-state index in [0.717, 1.165) is 23.4 Å². The standard InChI is InChI=1S/C20H29N5O.2ClH/c1-21-17-5-7-18(8-6-17)23-11-15-10-14(4-9-19(15)26-3)16-12-24-20(22-2)25-13-16;;/h4,9-10,12-13,17-18,21,23H,5-8,11H2,1-3H3,(H,22,24,25);2*1H. The molecule has 0 atom stereocenters. The summed E-state index contributed by atoms with van der Waals surface area (Å²) in [6.45, 7) is 0.807. The van der Waals surface area contributed by atoms with E-state index < -0.39 is 0 Å². The first-order valence-electron chi connectivity index (χ1n) is 9.31. The van der Waals surface area contributed by atoms with Crippen molar-refractivity contribution in [2.75, 3.05) is 26.5 Å². The normalized spacial score (nSPS) is 18.5. The first kappa shape index (κ1) is 24.4. The summed E-state index contributed by atoms with van der Waals surface area (Å²) >= 11 is 0. The van der Waals surface area contributed by atoms with Crippen LogP contribution in [-0.4, -0.2) is 43.3 Å². The predicted molar refractivity (Wildman–Crippen MR) is 120 cm³/mol. The second-order valence-corrected chi connectivity index (χ2v) is 6.79. The molecule has 3 N–H and O–H groups in total. The zero-order valence-electron chi connectivity index (χ0n) is 16.7. The summed E-state index contributed by atoms with van der Waals surface area (Å²) in [6, 6.07) is 7.50. The third-order valence-corrected chi connectivity index (χ3v) is 5.21. The third-order valence-electron chi connectivity index (χ3n) is 5.21. The quantitative estimate of drug-likeness (QED) is 0.626. The number of nitrogens with zero attached hydrogens (tertiary/aromatic N) is 2. The highest BCUT2D eigenvalue weighted by molar-refractivity contribution is 5.85. The van der Waals surface area contributed by atoms with Crippen molar-refractivity contribution in [3.8, 4) is 16.9 Å². The van der Waals surface area contributed by atoms with Crippen molar-refractivity contribution < 1.29 is 4.74 Å². The van der Waals surface area contributed by atoms with E-state index >= 15 is 0 Å². The van der Waals surface area contributed by atoms with Gasteiger partial charge in [0.25, 0.3) is 0 Å². The van der Waals surface area contributed by atoms with Crippen molar-refractivity contribution >= 4 is 30.8 Å².